The van der Waals surface area contributed by atoms with E-state index >= 15 is 0 Å². The number of halogens is 3. The summed E-state index contributed by atoms with van der Waals surface area (Å²) >= 11 is 6.04. The van der Waals surface area contributed by atoms with E-state index in [0.717, 1.165) is 0 Å². The number of hydrogen-bond donors (Lipinski definition) is 2. The Morgan fingerprint density at radius 3 is 3.00 bits per heavy atom. The average Bonchev–Trinajstić information content (AvgIpc) is 3.00. The van der Waals surface area contributed by atoms with E-state index in [1.165, 1.54) is 6.20 Å². The lowest BCUT2D eigenvalue weighted by Crippen LogP contribution is -2.52. The van der Waals surface area contributed by atoms with Crippen molar-refractivity contribution >= 4 is 23.1 Å². The van der Waals surface area contributed by atoms with Gasteiger partial charge < -0.3 is 10.6 Å². The number of pyridine rings is 1. The minimum absolute atomic E-state index is 0.171. The molecule has 0 aliphatic carbocycles. The Bertz CT molecular complexity index is 913. The number of nitrogens with one attached hydrogen (secondary N) is 2. The molecule has 0 saturated carbocycles. The van der Waals surface area contributed by atoms with Gasteiger partial charge in [0.15, 0.2) is 0 Å². The van der Waals surface area contributed by atoms with Crippen molar-refractivity contribution in [3.63, 3.8) is 0 Å². The monoisotopic (exact) mass is 364 g/mol. The predicted octanol–water partition coefficient (Wildman–Crippen LogP) is 2.85. The molecule has 3 aromatic heterocycles. The van der Waals surface area contributed by atoms with Gasteiger partial charge in [-0.05, 0) is 12.1 Å². The van der Waals surface area contributed by atoms with Gasteiger partial charge in [-0.2, -0.15) is 0 Å². The Labute approximate surface area is 147 Å². The highest BCUT2D eigenvalue weighted by molar-refractivity contribution is 6.30. The maximum atomic E-state index is 14.0. The fourth-order valence-corrected chi connectivity index (χ4v) is 3.02. The van der Waals surface area contributed by atoms with Crippen molar-refractivity contribution in [2.45, 2.75) is 18.4 Å². The van der Waals surface area contributed by atoms with Crippen molar-refractivity contribution in [2.75, 3.05) is 18.4 Å². The van der Waals surface area contributed by atoms with E-state index in [1.807, 2.05) is 0 Å². The number of fused-ring (bicyclic) bond motifs is 1. The summed E-state index contributed by atoms with van der Waals surface area (Å²) in [5.74, 6) is -2.50. The van der Waals surface area contributed by atoms with Gasteiger partial charge in [0.25, 0.3) is 5.92 Å². The number of alkyl halides is 2. The maximum Gasteiger partial charge on any atom is 0.270 e. The second-order valence-corrected chi connectivity index (χ2v) is 6.36. The summed E-state index contributed by atoms with van der Waals surface area (Å²) in [4.78, 5) is 12.8. The van der Waals surface area contributed by atoms with Crippen LogP contribution in [-0.2, 0) is 0 Å². The second-order valence-electron chi connectivity index (χ2n) is 5.92. The number of hydrogen-bond acceptors (Lipinski definition) is 5. The second kappa shape index (κ2) is 6.20. The number of rotatable bonds is 3. The highest BCUT2D eigenvalue weighted by Crippen LogP contribution is 2.28. The molecule has 1 aliphatic rings. The van der Waals surface area contributed by atoms with Gasteiger partial charge in [0.1, 0.15) is 23.2 Å². The van der Waals surface area contributed by atoms with Crippen LogP contribution in [0.25, 0.3) is 17.0 Å². The molecule has 2 N–H and O–H groups in total. The van der Waals surface area contributed by atoms with Crippen molar-refractivity contribution in [2.24, 2.45) is 0 Å². The van der Waals surface area contributed by atoms with Gasteiger partial charge in [0.2, 0.25) is 0 Å². The van der Waals surface area contributed by atoms with Crippen LogP contribution in [0.2, 0.25) is 5.02 Å². The van der Waals surface area contributed by atoms with Crippen LogP contribution in [0.5, 0.6) is 0 Å². The molecule has 1 aliphatic heterocycles. The number of imidazole rings is 1. The Balaban J connectivity index is 1.66. The molecule has 4 rings (SSSR count). The third-order valence-corrected chi connectivity index (χ3v) is 4.41. The van der Waals surface area contributed by atoms with Gasteiger partial charge in [-0.1, -0.05) is 11.6 Å². The van der Waals surface area contributed by atoms with E-state index in [2.05, 4.69) is 25.6 Å². The quantitative estimate of drug-likeness (QED) is 0.748. The van der Waals surface area contributed by atoms with Crippen molar-refractivity contribution in [3.8, 4) is 11.4 Å². The molecule has 9 heteroatoms. The molecule has 25 heavy (non-hydrogen) atoms. The van der Waals surface area contributed by atoms with E-state index in [0.29, 0.717) is 34.4 Å². The van der Waals surface area contributed by atoms with Crippen LogP contribution in [0.15, 0.2) is 36.9 Å². The molecular weight excluding hydrogens is 350 g/mol. The fraction of sp³-hybridized carbons (Fsp3) is 0.312. The molecule has 0 spiro atoms. The zero-order valence-corrected chi connectivity index (χ0v) is 13.8. The fourth-order valence-electron chi connectivity index (χ4n) is 2.86. The third-order valence-electron chi connectivity index (χ3n) is 4.18. The van der Waals surface area contributed by atoms with Gasteiger partial charge >= 0.3 is 0 Å². The van der Waals surface area contributed by atoms with E-state index in [4.69, 9.17) is 11.6 Å². The number of aromatic nitrogens is 4. The summed E-state index contributed by atoms with van der Waals surface area (Å²) in [7, 11) is 0. The van der Waals surface area contributed by atoms with Crippen molar-refractivity contribution in [1.82, 2.24) is 24.7 Å². The average molecular weight is 365 g/mol. The summed E-state index contributed by atoms with van der Waals surface area (Å²) in [6.07, 6.45) is 6.16. The molecule has 1 saturated heterocycles. The summed E-state index contributed by atoms with van der Waals surface area (Å²) < 4.78 is 29.8. The lowest BCUT2D eigenvalue weighted by molar-refractivity contribution is -0.0384. The highest BCUT2D eigenvalue weighted by Gasteiger charge is 2.41. The lowest BCUT2D eigenvalue weighted by Gasteiger charge is -2.32. The highest BCUT2D eigenvalue weighted by atomic mass is 35.5. The van der Waals surface area contributed by atoms with E-state index < -0.39 is 12.0 Å². The van der Waals surface area contributed by atoms with Crippen LogP contribution in [0.1, 0.15) is 6.42 Å². The molecule has 3 aromatic rings. The molecule has 1 fully saturated rings. The standard InChI is InChI=1S/C16H15ClF2N6/c17-10-1-2-15-22-6-12(25(15)9-10)11-5-21-8-14(23-11)24-13-7-20-4-3-16(13,18)19/h1-2,5-6,8-9,13,20H,3-4,7H2,(H,23,24). The lowest BCUT2D eigenvalue weighted by atomic mass is 10.0. The summed E-state index contributed by atoms with van der Waals surface area (Å²) in [5.41, 5.74) is 1.91. The smallest absolute Gasteiger partial charge is 0.270 e. The van der Waals surface area contributed by atoms with Gasteiger partial charge in [-0.15, -0.1) is 0 Å². The number of nitrogens with zero attached hydrogens (tertiary/aromatic N) is 4. The third kappa shape index (κ3) is 3.14. The topological polar surface area (TPSA) is 67.1 Å². The Morgan fingerprint density at radius 2 is 2.16 bits per heavy atom. The minimum Gasteiger partial charge on any atom is -0.359 e. The number of piperidine rings is 1. The molecule has 130 valence electrons. The summed E-state index contributed by atoms with van der Waals surface area (Å²) in [5, 5.41) is 6.31. The molecule has 1 atom stereocenters. The SMILES string of the molecule is FC1(F)CCNCC1Nc1cncc(-c2cnc3ccc(Cl)cn23)n1. The summed E-state index contributed by atoms with van der Waals surface area (Å²) in [6, 6.07) is 2.51. The van der Waals surface area contributed by atoms with Crippen LogP contribution in [0.3, 0.4) is 0 Å². The van der Waals surface area contributed by atoms with Gasteiger partial charge in [-0.3, -0.25) is 9.38 Å². The normalized spacial score (nSPS) is 19.9. The molecule has 0 amide bonds. The van der Waals surface area contributed by atoms with E-state index in [9.17, 15) is 8.78 Å². The largest absolute Gasteiger partial charge is 0.359 e. The molecular formula is C16H15ClF2N6. The van der Waals surface area contributed by atoms with Crippen LogP contribution in [0.4, 0.5) is 14.6 Å². The van der Waals surface area contributed by atoms with Crippen LogP contribution in [0, 0.1) is 0 Å². The maximum absolute atomic E-state index is 14.0. The molecule has 6 nitrogen and oxygen atoms in total. The first kappa shape index (κ1) is 16.2. The zero-order chi connectivity index (χ0) is 17.4. The van der Waals surface area contributed by atoms with Crippen molar-refractivity contribution < 1.29 is 8.78 Å². The number of anilines is 1. The molecule has 0 radical (unpaired) electrons. The first-order valence-electron chi connectivity index (χ1n) is 7.83. The van der Waals surface area contributed by atoms with E-state index in [1.54, 1.807) is 35.1 Å². The Kier molecular flexibility index (Phi) is 4.01. The molecule has 4 heterocycles. The van der Waals surface area contributed by atoms with Gasteiger partial charge in [-0.25, -0.2) is 18.7 Å². The first-order chi connectivity index (χ1) is 12.0. The molecule has 0 aromatic carbocycles. The Morgan fingerprint density at radius 1 is 1.28 bits per heavy atom. The minimum atomic E-state index is -2.79. The van der Waals surface area contributed by atoms with Crippen molar-refractivity contribution in [1.29, 1.82) is 0 Å². The zero-order valence-electron chi connectivity index (χ0n) is 13.1. The molecule has 0 bridgehead atoms. The Hall–Kier alpha value is -2.32. The van der Waals surface area contributed by atoms with Crippen LogP contribution >= 0.6 is 11.6 Å². The van der Waals surface area contributed by atoms with Crippen molar-refractivity contribution in [3.05, 3.63) is 41.9 Å². The first-order valence-corrected chi connectivity index (χ1v) is 8.21. The van der Waals surface area contributed by atoms with Gasteiger partial charge in [0, 0.05) is 25.7 Å². The van der Waals surface area contributed by atoms with Gasteiger partial charge in [0.05, 0.1) is 29.3 Å². The summed E-state index contributed by atoms with van der Waals surface area (Å²) in [6.45, 7) is 0.476. The van der Waals surface area contributed by atoms with Crippen LogP contribution in [-0.4, -0.2) is 44.4 Å². The van der Waals surface area contributed by atoms with Crippen LogP contribution < -0.4 is 10.6 Å². The predicted molar refractivity (Wildman–Crippen MR) is 91.1 cm³/mol. The molecule has 1 unspecified atom stereocenters. The van der Waals surface area contributed by atoms with E-state index in [-0.39, 0.29) is 13.0 Å².